The van der Waals surface area contributed by atoms with E-state index in [1.165, 1.54) is 24.5 Å². The van der Waals surface area contributed by atoms with E-state index in [0.717, 1.165) is 0 Å². The Morgan fingerprint density at radius 1 is 1.35 bits per heavy atom. The predicted octanol–water partition coefficient (Wildman–Crippen LogP) is 2.47. The lowest BCUT2D eigenvalue weighted by atomic mass is 10.3. The summed E-state index contributed by atoms with van der Waals surface area (Å²) < 4.78 is 13.4. The summed E-state index contributed by atoms with van der Waals surface area (Å²) in [4.78, 5) is 19.8. The summed E-state index contributed by atoms with van der Waals surface area (Å²) in [7, 11) is 0. The predicted molar refractivity (Wildman–Crippen MR) is 75.1 cm³/mol. The van der Waals surface area contributed by atoms with Crippen LogP contribution in [0.25, 0.3) is 0 Å². The van der Waals surface area contributed by atoms with Gasteiger partial charge in [-0.3, -0.25) is 4.79 Å². The fourth-order valence-corrected chi connectivity index (χ4v) is 1.50. The highest BCUT2D eigenvalue weighted by Gasteiger charge is 2.11. The Labute approximate surface area is 115 Å². The van der Waals surface area contributed by atoms with Gasteiger partial charge in [-0.2, -0.15) is 0 Å². The second-order valence-electron chi connectivity index (χ2n) is 3.89. The molecule has 0 aliphatic carbocycles. The number of anilines is 2. The zero-order valence-electron chi connectivity index (χ0n) is 10.6. The Balaban J connectivity index is 2.13. The quantitative estimate of drug-likeness (QED) is 0.820. The molecule has 0 saturated carbocycles. The average Bonchev–Trinajstić information content (AvgIpc) is 2.48. The van der Waals surface area contributed by atoms with Gasteiger partial charge in [-0.1, -0.05) is 18.2 Å². The molecule has 0 fully saturated rings. The van der Waals surface area contributed by atoms with Gasteiger partial charge in [0.1, 0.15) is 23.7 Å². The van der Waals surface area contributed by atoms with E-state index in [4.69, 9.17) is 0 Å². The first-order chi connectivity index (χ1) is 9.70. The van der Waals surface area contributed by atoms with E-state index in [1.807, 2.05) is 0 Å². The molecule has 5 nitrogen and oxygen atoms in total. The first-order valence-corrected chi connectivity index (χ1v) is 5.93. The zero-order valence-corrected chi connectivity index (χ0v) is 10.6. The smallest absolute Gasteiger partial charge is 0.274 e. The minimum Gasteiger partial charge on any atom is -0.366 e. The van der Waals surface area contributed by atoms with Gasteiger partial charge < -0.3 is 10.6 Å². The van der Waals surface area contributed by atoms with Crippen LogP contribution in [0.1, 0.15) is 10.5 Å². The van der Waals surface area contributed by atoms with E-state index < -0.39 is 11.7 Å². The minimum atomic E-state index is -0.501. The first-order valence-electron chi connectivity index (χ1n) is 5.93. The molecule has 0 aliphatic rings. The van der Waals surface area contributed by atoms with E-state index in [-0.39, 0.29) is 11.4 Å². The third kappa shape index (κ3) is 3.38. The molecule has 0 saturated heterocycles. The lowest BCUT2D eigenvalue weighted by Gasteiger charge is -2.07. The highest BCUT2D eigenvalue weighted by Crippen LogP contribution is 2.14. The fourth-order valence-electron chi connectivity index (χ4n) is 1.50. The van der Waals surface area contributed by atoms with Gasteiger partial charge in [-0.25, -0.2) is 14.4 Å². The number of hydrogen-bond acceptors (Lipinski definition) is 4. The summed E-state index contributed by atoms with van der Waals surface area (Å²) in [6, 6.07) is 7.42. The molecule has 1 aromatic carbocycles. The van der Waals surface area contributed by atoms with Crippen LogP contribution in [0.4, 0.5) is 15.9 Å². The molecule has 0 unspecified atom stereocenters. The molecule has 0 bridgehead atoms. The van der Waals surface area contributed by atoms with Crippen LogP contribution in [-0.4, -0.2) is 22.4 Å². The first kappa shape index (κ1) is 13.7. The third-order valence-corrected chi connectivity index (χ3v) is 2.45. The standard InChI is InChI=1S/C14H13FN4O/c1-2-7-16-13-8-12(17-9-18-13)14(20)19-11-6-4-3-5-10(11)15/h2-6,8-9H,1,7H2,(H,19,20)(H,16,17,18). The Hall–Kier alpha value is -2.76. The number of aromatic nitrogens is 2. The lowest BCUT2D eigenvalue weighted by Crippen LogP contribution is -2.15. The monoisotopic (exact) mass is 272 g/mol. The molecule has 2 aromatic rings. The SMILES string of the molecule is C=CCNc1cc(C(=O)Nc2ccccc2F)ncn1. The number of carbonyl (C=O) groups is 1. The van der Waals surface area contributed by atoms with Crippen LogP contribution >= 0.6 is 0 Å². The molecule has 6 heteroatoms. The minimum absolute atomic E-state index is 0.108. The largest absolute Gasteiger partial charge is 0.366 e. The molecule has 1 amide bonds. The normalized spacial score (nSPS) is 9.85. The van der Waals surface area contributed by atoms with Crippen LogP contribution in [0.3, 0.4) is 0 Å². The number of hydrogen-bond donors (Lipinski definition) is 2. The highest BCUT2D eigenvalue weighted by atomic mass is 19.1. The number of para-hydroxylation sites is 1. The molecule has 0 radical (unpaired) electrons. The molecule has 0 spiro atoms. The van der Waals surface area contributed by atoms with E-state index in [0.29, 0.717) is 12.4 Å². The van der Waals surface area contributed by atoms with Crippen LogP contribution < -0.4 is 10.6 Å². The third-order valence-electron chi connectivity index (χ3n) is 2.45. The van der Waals surface area contributed by atoms with Crippen molar-refractivity contribution in [1.82, 2.24) is 9.97 Å². The maximum atomic E-state index is 13.4. The molecular formula is C14H13FN4O. The topological polar surface area (TPSA) is 66.9 Å². The van der Waals surface area contributed by atoms with Gasteiger partial charge in [0.15, 0.2) is 0 Å². The van der Waals surface area contributed by atoms with Crippen molar-refractivity contribution >= 4 is 17.4 Å². The Kier molecular flexibility index (Phi) is 4.39. The van der Waals surface area contributed by atoms with Crippen molar-refractivity contribution in [2.75, 3.05) is 17.2 Å². The van der Waals surface area contributed by atoms with Crippen molar-refractivity contribution in [2.45, 2.75) is 0 Å². The molecule has 102 valence electrons. The molecule has 2 rings (SSSR count). The Bertz CT molecular complexity index is 630. The summed E-state index contributed by atoms with van der Waals surface area (Å²) in [5, 5.41) is 5.40. The number of rotatable bonds is 5. The molecule has 0 aliphatic heterocycles. The number of amides is 1. The number of halogens is 1. The van der Waals surface area contributed by atoms with Gasteiger partial charge in [0.05, 0.1) is 5.69 Å². The van der Waals surface area contributed by atoms with Crippen LogP contribution in [0, 0.1) is 5.82 Å². The van der Waals surface area contributed by atoms with E-state index in [1.54, 1.807) is 18.2 Å². The number of benzene rings is 1. The summed E-state index contributed by atoms with van der Waals surface area (Å²) in [6.07, 6.45) is 2.93. The van der Waals surface area contributed by atoms with Crippen LogP contribution in [0.5, 0.6) is 0 Å². The van der Waals surface area contributed by atoms with Gasteiger partial charge in [0.2, 0.25) is 0 Å². The fraction of sp³-hybridized carbons (Fsp3) is 0.0714. The van der Waals surface area contributed by atoms with Gasteiger partial charge in [0, 0.05) is 12.6 Å². The van der Waals surface area contributed by atoms with E-state index in [2.05, 4.69) is 27.2 Å². The highest BCUT2D eigenvalue weighted by molar-refractivity contribution is 6.03. The van der Waals surface area contributed by atoms with Gasteiger partial charge in [0.25, 0.3) is 5.91 Å². The molecule has 1 aromatic heterocycles. The van der Waals surface area contributed by atoms with Crippen molar-refractivity contribution in [3.05, 3.63) is 60.8 Å². The molecule has 2 N–H and O–H groups in total. The number of nitrogens with zero attached hydrogens (tertiary/aromatic N) is 2. The van der Waals surface area contributed by atoms with Gasteiger partial charge >= 0.3 is 0 Å². The van der Waals surface area contributed by atoms with E-state index in [9.17, 15) is 9.18 Å². The van der Waals surface area contributed by atoms with Crippen LogP contribution in [0.15, 0.2) is 49.3 Å². The van der Waals surface area contributed by atoms with Crippen molar-refractivity contribution in [2.24, 2.45) is 0 Å². The Morgan fingerprint density at radius 3 is 2.90 bits per heavy atom. The van der Waals surface area contributed by atoms with Crippen molar-refractivity contribution in [3.8, 4) is 0 Å². The van der Waals surface area contributed by atoms with Crippen molar-refractivity contribution in [3.63, 3.8) is 0 Å². The summed E-state index contributed by atoms with van der Waals surface area (Å²) >= 11 is 0. The Morgan fingerprint density at radius 2 is 2.15 bits per heavy atom. The second kappa shape index (κ2) is 6.42. The second-order valence-corrected chi connectivity index (χ2v) is 3.89. The van der Waals surface area contributed by atoms with Gasteiger partial charge in [-0.15, -0.1) is 6.58 Å². The zero-order chi connectivity index (χ0) is 14.4. The molecular weight excluding hydrogens is 259 g/mol. The summed E-state index contributed by atoms with van der Waals surface area (Å²) in [6.45, 7) is 4.09. The average molecular weight is 272 g/mol. The number of carbonyl (C=O) groups excluding carboxylic acids is 1. The molecule has 0 atom stereocenters. The maximum Gasteiger partial charge on any atom is 0.274 e. The van der Waals surface area contributed by atoms with Crippen molar-refractivity contribution < 1.29 is 9.18 Å². The maximum absolute atomic E-state index is 13.4. The van der Waals surface area contributed by atoms with Gasteiger partial charge in [-0.05, 0) is 12.1 Å². The summed E-state index contributed by atoms with van der Waals surface area (Å²) in [5.41, 5.74) is 0.256. The molecule has 20 heavy (non-hydrogen) atoms. The lowest BCUT2D eigenvalue weighted by molar-refractivity contribution is 0.102. The summed E-state index contributed by atoms with van der Waals surface area (Å²) in [5.74, 6) is -0.502. The van der Waals surface area contributed by atoms with E-state index >= 15 is 0 Å². The van der Waals surface area contributed by atoms with Crippen molar-refractivity contribution in [1.29, 1.82) is 0 Å². The van der Waals surface area contributed by atoms with Crippen LogP contribution in [0.2, 0.25) is 0 Å². The van der Waals surface area contributed by atoms with Crippen LogP contribution in [-0.2, 0) is 0 Å². The molecule has 1 heterocycles. The number of nitrogens with one attached hydrogen (secondary N) is 2.